The van der Waals surface area contributed by atoms with E-state index in [-0.39, 0.29) is 10.9 Å². The summed E-state index contributed by atoms with van der Waals surface area (Å²) in [5.41, 5.74) is 0.0402. The highest BCUT2D eigenvalue weighted by Crippen LogP contribution is 2.43. The zero-order valence-electron chi connectivity index (χ0n) is 23.7. The third kappa shape index (κ3) is 7.19. The van der Waals surface area contributed by atoms with Crippen molar-refractivity contribution in [2.75, 3.05) is 6.61 Å². The Labute approximate surface area is 248 Å². The molecule has 0 aromatic heterocycles. The van der Waals surface area contributed by atoms with Crippen molar-refractivity contribution in [3.05, 3.63) is 90.5 Å². The fraction of sp³-hybridized carbons (Fsp3) is 0.290. The van der Waals surface area contributed by atoms with Crippen molar-refractivity contribution in [3.8, 4) is 0 Å². The Balaban J connectivity index is 1.75. The van der Waals surface area contributed by atoms with Gasteiger partial charge in [0.15, 0.2) is 25.6 Å². The first kappa shape index (κ1) is 31.6. The van der Waals surface area contributed by atoms with Crippen LogP contribution in [0.5, 0.6) is 0 Å². The molecule has 1 amide bonds. The van der Waals surface area contributed by atoms with Crippen molar-refractivity contribution < 1.29 is 47.8 Å². The van der Waals surface area contributed by atoms with Crippen molar-refractivity contribution in [1.29, 1.82) is 0 Å². The monoisotopic (exact) mass is 609 g/mol. The molecule has 1 heterocycles. The Morgan fingerprint density at radius 2 is 1.28 bits per heavy atom. The second-order valence-electron chi connectivity index (χ2n) is 9.81. The molecule has 2 N–H and O–H groups in total. The molecule has 1 saturated heterocycles. The predicted molar refractivity (Wildman–Crippen MR) is 156 cm³/mol. The van der Waals surface area contributed by atoms with Gasteiger partial charge in [-0.25, -0.2) is 0 Å². The molecule has 0 radical (unpaired) electrons. The summed E-state index contributed by atoms with van der Waals surface area (Å²) in [4.78, 5) is 49.4. The summed E-state index contributed by atoms with van der Waals surface area (Å²) in [6, 6.07) is 22.5. The van der Waals surface area contributed by atoms with Crippen LogP contribution in [0.1, 0.15) is 31.1 Å². The average molecular weight is 610 g/mol. The van der Waals surface area contributed by atoms with E-state index in [1.54, 1.807) is 78.9 Å². The van der Waals surface area contributed by atoms with Crippen molar-refractivity contribution in [3.63, 3.8) is 0 Å². The number of nitrogens with one attached hydrogen (secondary N) is 1. The third-order valence-electron chi connectivity index (χ3n) is 6.75. The van der Waals surface area contributed by atoms with Gasteiger partial charge in [0.05, 0.1) is 5.56 Å². The van der Waals surface area contributed by atoms with Gasteiger partial charge in [0.2, 0.25) is 0 Å². The molecule has 43 heavy (non-hydrogen) atoms. The van der Waals surface area contributed by atoms with E-state index in [2.05, 4.69) is 5.32 Å². The van der Waals surface area contributed by atoms with Crippen LogP contribution in [0.4, 0.5) is 0 Å². The van der Waals surface area contributed by atoms with E-state index < -0.39 is 68.2 Å². The minimum Gasteiger partial charge on any atom is -0.463 e. The van der Waals surface area contributed by atoms with Crippen LogP contribution in [0.25, 0.3) is 0 Å². The number of ether oxygens (including phenoxy) is 4. The fourth-order valence-corrected chi connectivity index (χ4v) is 7.80. The highest BCUT2D eigenvalue weighted by Gasteiger charge is 2.51. The van der Waals surface area contributed by atoms with Gasteiger partial charge in [0, 0.05) is 36.7 Å². The number of aliphatic hydroxyl groups excluding tert-OH is 1. The molecule has 11 nitrogen and oxygen atoms in total. The number of esters is 3. The van der Waals surface area contributed by atoms with Gasteiger partial charge in [0.1, 0.15) is 18.8 Å². The van der Waals surface area contributed by atoms with Crippen LogP contribution in [-0.2, 0) is 37.9 Å². The number of hydrogen-bond donors (Lipinski definition) is 2. The second kappa shape index (κ2) is 13.8. The van der Waals surface area contributed by atoms with Crippen LogP contribution in [0, 0.1) is 0 Å². The third-order valence-corrected chi connectivity index (χ3v) is 9.87. The van der Waals surface area contributed by atoms with E-state index >= 15 is 4.57 Å². The van der Waals surface area contributed by atoms with E-state index in [0.717, 1.165) is 20.8 Å². The number of carbonyl (C=O) groups is 4. The molecule has 226 valence electrons. The maximum absolute atomic E-state index is 15.0. The molecule has 4 rings (SSSR count). The Morgan fingerprint density at radius 1 is 0.767 bits per heavy atom. The van der Waals surface area contributed by atoms with Gasteiger partial charge in [-0.3, -0.25) is 19.2 Å². The molecule has 0 spiro atoms. The summed E-state index contributed by atoms with van der Waals surface area (Å²) in [6.07, 6.45) is -5.78. The molecule has 1 fully saturated rings. The van der Waals surface area contributed by atoms with Crippen LogP contribution in [0.3, 0.4) is 0 Å². The van der Waals surface area contributed by atoms with E-state index in [1.807, 2.05) is 0 Å². The largest absolute Gasteiger partial charge is 0.463 e. The molecule has 0 aliphatic carbocycles. The van der Waals surface area contributed by atoms with Gasteiger partial charge in [-0.2, -0.15) is 0 Å². The lowest BCUT2D eigenvalue weighted by Crippen LogP contribution is -2.66. The predicted octanol–water partition coefficient (Wildman–Crippen LogP) is 1.57. The van der Waals surface area contributed by atoms with Gasteiger partial charge in [-0.15, -0.1) is 0 Å². The van der Waals surface area contributed by atoms with Gasteiger partial charge < -0.3 is 33.9 Å². The first-order chi connectivity index (χ1) is 20.5. The molecule has 3 aromatic carbocycles. The topological polar surface area (TPSA) is 155 Å². The molecule has 2 unspecified atom stereocenters. The molecule has 1 aliphatic heterocycles. The summed E-state index contributed by atoms with van der Waals surface area (Å²) in [5, 5.41) is 14.8. The van der Waals surface area contributed by atoms with E-state index in [1.165, 1.54) is 6.07 Å². The summed E-state index contributed by atoms with van der Waals surface area (Å²) < 4.78 is 36.4. The maximum Gasteiger partial charge on any atom is 0.303 e. The lowest BCUT2D eigenvalue weighted by atomic mass is 9.96. The number of hydrogen-bond acceptors (Lipinski definition) is 10. The maximum atomic E-state index is 15.0. The van der Waals surface area contributed by atoms with Gasteiger partial charge in [-0.05, 0) is 6.07 Å². The van der Waals surface area contributed by atoms with Crippen LogP contribution in [-0.4, -0.2) is 66.2 Å². The van der Waals surface area contributed by atoms with Crippen LogP contribution in [0.2, 0.25) is 0 Å². The SMILES string of the molecule is CC(=O)OCC1O[C@@H](O)C(NC(=O)c2ccccc2P(=O)(c2ccccc2)c2ccccc2)[C@@H](OC(C)=O)[C@@H]1OC(C)=O. The summed E-state index contributed by atoms with van der Waals surface area (Å²) in [6.45, 7) is 2.96. The Bertz CT molecular complexity index is 1470. The lowest BCUT2D eigenvalue weighted by Gasteiger charge is -2.43. The highest BCUT2D eigenvalue weighted by atomic mass is 31.2. The summed E-state index contributed by atoms with van der Waals surface area (Å²) in [5.74, 6) is -2.97. The standard InChI is InChI=1S/C31H32NO10P/c1-19(33)39-18-25-28(40-20(2)34)29(41-21(3)35)27(31(37)42-25)32-30(36)24-16-10-11-17-26(24)43(38,22-12-6-4-7-13-22)23-14-8-5-9-15-23/h4-17,25,27-29,31,37H,18H2,1-3H3,(H,32,36)/t25?,27?,28-,29-,31-/m1/s1. The van der Waals surface area contributed by atoms with Gasteiger partial charge in [-0.1, -0.05) is 78.9 Å². The highest BCUT2D eigenvalue weighted by molar-refractivity contribution is 7.85. The van der Waals surface area contributed by atoms with Crippen molar-refractivity contribution in [1.82, 2.24) is 5.32 Å². The lowest BCUT2D eigenvalue weighted by molar-refractivity contribution is -0.263. The molecular weight excluding hydrogens is 577 g/mol. The normalized spacial score (nSPS) is 21.7. The van der Waals surface area contributed by atoms with Crippen molar-refractivity contribution in [2.45, 2.75) is 51.4 Å². The van der Waals surface area contributed by atoms with Gasteiger partial charge in [0.25, 0.3) is 5.91 Å². The number of benzene rings is 3. The Hall–Kier alpha value is -4.31. The zero-order chi connectivity index (χ0) is 31.1. The minimum absolute atomic E-state index is 0.0402. The molecule has 12 heteroatoms. The molecular formula is C31H32NO10P. The second-order valence-corrected chi connectivity index (χ2v) is 12.5. The first-order valence-corrected chi connectivity index (χ1v) is 15.2. The molecule has 0 saturated carbocycles. The van der Waals surface area contributed by atoms with E-state index in [0.29, 0.717) is 10.6 Å². The molecule has 1 aliphatic rings. The average Bonchev–Trinajstić information content (AvgIpc) is 2.99. The van der Waals surface area contributed by atoms with Crippen LogP contribution >= 0.6 is 7.14 Å². The van der Waals surface area contributed by atoms with Crippen LogP contribution < -0.4 is 21.2 Å². The zero-order valence-corrected chi connectivity index (χ0v) is 24.6. The Kier molecular flexibility index (Phi) is 10.1. The van der Waals surface area contributed by atoms with Crippen LogP contribution in [0.15, 0.2) is 84.9 Å². The number of carbonyl (C=O) groups excluding carboxylic acids is 4. The number of rotatable bonds is 9. The summed E-state index contributed by atoms with van der Waals surface area (Å²) >= 11 is 0. The molecule has 0 bridgehead atoms. The first-order valence-electron chi connectivity index (χ1n) is 13.5. The van der Waals surface area contributed by atoms with E-state index in [9.17, 15) is 24.3 Å². The van der Waals surface area contributed by atoms with Gasteiger partial charge >= 0.3 is 17.9 Å². The van der Waals surface area contributed by atoms with Crippen molar-refractivity contribution in [2.24, 2.45) is 0 Å². The Morgan fingerprint density at radius 3 is 1.81 bits per heavy atom. The van der Waals surface area contributed by atoms with Crippen molar-refractivity contribution >= 4 is 46.9 Å². The number of amides is 1. The summed E-state index contributed by atoms with van der Waals surface area (Å²) in [7, 11) is -3.59. The minimum atomic E-state index is -3.59. The smallest absolute Gasteiger partial charge is 0.303 e. The quantitative estimate of drug-likeness (QED) is 0.208. The number of aliphatic hydroxyl groups is 1. The fourth-order valence-electron chi connectivity index (χ4n) is 4.95. The molecule has 3 aromatic rings. The van der Waals surface area contributed by atoms with E-state index in [4.69, 9.17) is 18.9 Å². The molecule has 5 atom stereocenters.